The summed E-state index contributed by atoms with van der Waals surface area (Å²) in [7, 11) is 1.27. The number of benzene rings is 1. The predicted molar refractivity (Wildman–Crippen MR) is 98.2 cm³/mol. The Kier molecular flexibility index (Phi) is 6.84. The number of esters is 1. The molecule has 0 bridgehead atoms. The van der Waals surface area contributed by atoms with Crippen LogP contribution in [0.2, 0.25) is 5.02 Å². The number of nitrogens with zero attached hydrogens (tertiary/aromatic N) is 1. The Bertz CT molecular complexity index is 810. The zero-order valence-electron chi connectivity index (χ0n) is 13.9. The molecule has 0 unspecified atom stereocenters. The molecule has 1 amide bonds. The second-order valence-corrected chi connectivity index (χ2v) is 5.83. The molecule has 0 fully saturated rings. The van der Waals surface area contributed by atoms with E-state index in [4.69, 9.17) is 16.3 Å². The molecule has 1 aromatic carbocycles. The number of carbonyl (C=O) groups is 2. The zero-order chi connectivity index (χ0) is 17.8. The van der Waals surface area contributed by atoms with Gasteiger partial charge in [0.1, 0.15) is 5.75 Å². The lowest BCUT2D eigenvalue weighted by Crippen LogP contribution is -2.25. The summed E-state index contributed by atoms with van der Waals surface area (Å²) in [5.41, 5.74) is 2.73. The molecule has 0 radical (unpaired) electrons. The predicted octanol–water partition coefficient (Wildman–Crippen LogP) is 1.93. The Hall–Kier alpha value is -2.29. The second-order valence-electron chi connectivity index (χ2n) is 5.42. The molecule has 1 aromatic heterocycles. The molecule has 0 atom stereocenters. The van der Waals surface area contributed by atoms with E-state index in [0.717, 1.165) is 24.2 Å². The number of hydrogen-bond acceptors (Lipinski definition) is 6. The standard InChI is InChI=1S/C16H17ClN4O4.ClH/c1-24-14(22)8-25-13-3-2-9(6-11(13)17)19-16(23)15-10-7-18-5-4-12(10)20-21-15;/h2-3,6,18H,4-5,7-8H2,1H3,(H,19,23)(H,20,21);1H. The second kappa shape index (κ2) is 8.88. The first-order valence-corrected chi connectivity index (χ1v) is 8.03. The van der Waals surface area contributed by atoms with Crippen molar-refractivity contribution in [2.75, 3.05) is 25.6 Å². The fraction of sp³-hybridized carbons (Fsp3) is 0.312. The maximum atomic E-state index is 12.4. The number of ether oxygens (including phenoxy) is 2. The van der Waals surface area contributed by atoms with Crippen LogP contribution in [0, 0.1) is 0 Å². The van der Waals surface area contributed by atoms with Crippen LogP contribution in [0.25, 0.3) is 0 Å². The largest absolute Gasteiger partial charge is 0.480 e. The van der Waals surface area contributed by atoms with Crippen LogP contribution in [0.15, 0.2) is 18.2 Å². The number of hydrogen-bond donors (Lipinski definition) is 3. The molecule has 140 valence electrons. The molecule has 2 aromatic rings. The van der Waals surface area contributed by atoms with Gasteiger partial charge in [-0.2, -0.15) is 5.10 Å². The Morgan fingerprint density at radius 3 is 2.92 bits per heavy atom. The number of carbonyl (C=O) groups excluding carboxylic acids is 2. The van der Waals surface area contributed by atoms with Gasteiger partial charge in [0.15, 0.2) is 12.3 Å². The van der Waals surface area contributed by atoms with E-state index in [-0.39, 0.29) is 29.9 Å². The number of methoxy groups -OCH3 is 1. The van der Waals surface area contributed by atoms with E-state index in [0.29, 0.717) is 23.7 Å². The third-order valence-corrected chi connectivity index (χ3v) is 4.08. The van der Waals surface area contributed by atoms with Crippen molar-refractivity contribution in [3.8, 4) is 5.75 Å². The Morgan fingerprint density at radius 2 is 2.19 bits per heavy atom. The van der Waals surface area contributed by atoms with E-state index < -0.39 is 5.97 Å². The van der Waals surface area contributed by atoms with Gasteiger partial charge in [-0.1, -0.05) is 11.6 Å². The van der Waals surface area contributed by atoms with Gasteiger partial charge in [-0.3, -0.25) is 9.89 Å². The third kappa shape index (κ3) is 4.46. The van der Waals surface area contributed by atoms with Gasteiger partial charge in [0.05, 0.1) is 12.1 Å². The third-order valence-electron chi connectivity index (χ3n) is 3.78. The highest BCUT2D eigenvalue weighted by Gasteiger charge is 2.21. The summed E-state index contributed by atoms with van der Waals surface area (Å²) in [5, 5.41) is 13.3. The van der Waals surface area contributed by atoms with Crippen molar-refractivity contribution in [2.24, 2.45) is 0 Å². The molecule has 10 heteroatoms. The van der Waals surface area contributed by atoms with Crippen molar-refractivity contribution < 1.29 is 19.1 Å². The maximum absolute atomic E-state index is 12.4. The van der Waals surface area contributed by atoms with Crippen molar-refractivity contribution in [2.45, 2.75) is 13.0 Å². The molecule has 0 spiro atoms. The molecular weight excluding hydrogens is 383 g/mol. The summed E-state index contributed by atoms with van der Waals surface area (Å²) < 4.78 is 9.75. The van der Waals surface area contributed by atoms with Crippen LogP contribution >= 0.6 is 24.0 Å². The van der Waals surface area contributed by atoms with Gasteiger partial charge < -0.3 is 20.1 Å². The van der Waals surface area contributed by atoms with Crippen LogP contribution < -0.4 is 15.4 Å². The van der Waals surface area contributed by atoms with Gasteiger partial charge in [0.25, 0.3) is 5.91 Å². The summed E-state index contributed by atoms with van der Waals surface area (Å²) in [6, 6.07) is 4.75. The van der Waals surface area contributed by atoms with Crippen molar-refractivity contribution >= 4 is 41.6 Å². The van der Waals surface area contributed by atoms with E-state index in [1.54, 1.807) is 18.2 Å². The summed E-state index contributed by atoms with van der Waals surface area (Å²) in [6.45, 7) is 1.23. The van der Waals surface area contributed by atoms with Crippen molar-refractivity contribution in [3.05, 3.63) is 40.2 Å². The summed E-state index contributed by atoms with van der Waals surface area (Å²) in [5.74, 6) is -0.503. The highest BCUT2D eigenvalue weighted by atomic mass is 35.5. The van der Waals surface area contributed by atoms with Crippen molar-refractivity contribution in [3.63, 3.8) is 0 Å². The number of nitrogens with one attached hydrogen (secondary N) is 3. The number of fused-ring (bicyclic) bond motifs is 1. The minimum absolute atomic E-state index is 0. The number of rotatable bonds is 5. The molecule has 8 nitrogen and oxygen atoms in total. The molecule has 0 saturated carbocycles. The number of aromatic amines is 1. The van der Waals surface area contributed by atoms with Crippen LogP contribution in [0.3, 0.4) is 0 Å². The van der Waals surface area contributed by atoms with E-state index in [1.807, 2.05) is 0 Å². The molecule has 3 rings (SSSR count). The van der Waals surface area contributed by atoms with Crippen LogP contribution in [-0.2, 0) is 22.5 Å². The van der Waals surface area contributed by atoms with Crippen LogP contribution in [-0.4, -0.2) is 42.3 Å². The monoisotopic (exact) mass is 400 g/mol. The molecular formula is C16H18Cl2N4O4. The van der Waals surface area contributed by atoms with Gasteiger partial charge in [-0.25, -0.2) is 4.79 Å². The van der Waals surface area contributed by atoms with Crippen LogP contribution in [0.5, 0.6) is 5.75 Å². The molecule has 3 N–H and O–H groups in total. The van der Waals surface area contributed by atoms with Gasteiger partial charge in [-0.15, -0.1) is 12.4 Å². The Labute approximate surface area is 161 Å². The van der Waals surface area contributed by atoms with Gasteiger partial charge in [0, 0.05) is 36.5 Å². The highest BCUT2D eigenvalue weighted by molar-refractivity contribution is 6.32. The first kappa shape index (κ1) is 20.0. The van der Waals surface area contributed by atoms with Crippen molar-refractivity contribution in [1.82, 2.24) is 15.5 Å². The number of amides is 1. The Balaban J connectivity index is 0.00000243. The summed E-state index contributed by atoms with van der Waals surface area (Å²) in [4.78, 5) is 23.5. The SMILES string of the molecule is COC(=O)COc1ccc(NC(=O)c2n[nH]c3c2CNCC3)cc1Cl.Cl. The molecule has 0 aliphatic carbocycles. The van der Waals surface area contributed by atoms with Crippen molar-refractivity contribution in [1.29, 1.82) is 0 Å². The highest BCUT2D eigenvalue weighted by Crippen LogP contribution is 2.28. The van der Waals surface area contributed by atoms with Gasteiger partial charge in [-0.05, 0) is 18.2 Å². The van der Waals surface area contributed by atoms with E-state index in [1.165, 1.54) is 7.11 Å². The number of halogens is 2. The molecule has 1 aliphatic rings. The first-order valence-electron chi connectivity index (χ1n) is 7.66. The number of anilines is 1. The Morgan fingerprint density at radius 1 is 1.38 bits per heavy atom. The lowest BCUT2D eigenvalue weighted by Gasteiger charge is -2.13. The summed E-state index contributed by atoms with van der Waals surface area (Å²) in [6.07, 6.45) is 0.813. The van der Waals surface area contributed by atoms with E-state index in [9.17, 15) is 9.59 Å². The lowest BCUT2D eigenvalue weighted by atomic mass is 10.1. The van der Waals surface area contributed by atoms with Gasteiger partial charge >= 0.3 is 5.97 Å². The smallest absolute Gasteiger partial charge is 0.343 e. The molecule has 2 heterocycles. The quantitative estimate of drug-likeness (QED) is 0.662. The average Bonchev–Trinajstić information content (AvgIpc) is 3.05. The fourth-order valence-corrected chi connectivity index (χ4v) is 2.73. The van der Waals surface area contributed by atoms with E-state index in [2.05, 4.69) is 25.6 Å². The summed E-state index contributed by atoms with van der Waals surface area (Å²) >= 11 is 6.12. The lowest BCUT2D eigenvalue weighted by molar-refractivity contribution is -0.142. The molecule has 0 saturated heterocycles. The average molecular weight is 401 g/mol. The van der Waals surface area contributed by atoms with Crippen LogP contribution in [0.4, 0.5) is 5.69 Å². The van der Waals surface area contributed by atoms with E-state index >= 15 is 0 Å². The molecule has 26 heavy (non-hydrogen) atoms. The minimum Gasteiger partial charge on any atom is -0.480 e. The van der Waals surface area contributed by atoms with Crippen LogP contribution in [0.1, 0.15) is 21.7 Å². The topological polar surface area (TPSA) is 105 Å². The molecule has 1 aliphatic heterocycles. The first-order chi connectivity index (χ1) is 12.1. The maximum Gasteiger partial charge on any atom is 0.343 e. The number of aromatic nitrogens is 2. The number of H-pyrrole nitrogens is 1. The normalized spacial score (nSPS) is 12.5. The van der Waals surface area contributed by atoms with Gasteiger partial charge in [0.2, 0.25) is 0 Å². The fourth-order valence-electron chi connectivity index (χ4n) is 2.49. The minimum atomic E-state index is -0.509. The zero-order valence-corrected chi connectivity index (χ0v) is 15.5.